The number of amides is 1. The molecule has 0 radical (unpaired) electrons. The molecule has 2 unspecified atom stereocenters. The fraction of sp³-hybridized carbons (Fsp3) is 0.867. The molecule has 1 saturated heterocycles. The molecule has 0 aromatic carbocycles. The predicted octanol–water partition coefficient (Wildman–Crippen LogP) is 2.39. The standard InChI is InChI=1S/C15H24N2O2/c1-12-13(6-9-19-12)10-17-14(18)15(11-16)7-4-2-3-5-8-15/h12-13H,2-10H2,1H3,(H,17,18). The van der Waals surface area contributed by atoms with Gasteiger partial charge >= 0.3 is 0 Å². The van der Waals surface area contributed by atoms with Crippen LogP contribution in [0.2, 0.25) is 0 Å². The van der Waals surface area contributed by atoms with Crippen molar-refractivity contribution in [1.29, 1.82) is 5.26 Å². The predicted molar refractivity (Wildman–Crippen MR) is 72.3 cm³/mol. The molecule has 2 fully saturated rings. The molecule has 19 heavy (non-hydrogen) atoms. The Kier molecular flexibility index (Phi) is 4.81. The summed E-state index contributed by atoms with van der Waals surface area (Å²) in [6, 6.07) is 2.30. The zero-order valence-electron chi connectivity index (χ0n) is 11.8. The smallest absolute Gasteiger partial charge is 0.240 e. The van der Waals surface area contributed by atoms with Crippen molar-refractivity contribution < 1.29 is 9.53 Å². The molecule has 2 aliphatic rings. The summed E-state index contributed by atoms with van der Waals surface area (Å²) in [5, 5.41) is 12.4. The summed E-state index contributed by atoms with van der Waals surface area (Å²) in [6.45, 7) is 3.48. The van der Waals surface area contributed by atoms with Crippen LogP contribution in [0, 0.1) is 22.7 Å². The maximum absolute atomic E-state index is 12.4. The van der Waals surface area contributed by atoms with Crippen LogP contribution in [0.15, 0.2) is 0 Å². The van der Waals surface area contributed by atoms with Gasteiger partial charge in [-0.2, -0.15) is 5.26 Å². The summed E-state index contributed by atoms with van der Waals surface area (Å²) in [7, 11) is 0. The third-order valence-electron chi connectivity index (χ3n) is 4.66. The third kappa shape index (κ3) is 3.27. The molecule has 1 aliphatic carbocycles. The van der Waals surface area contributed by atoms with Crippen molar-refractivity contribution in [3.05, 3.63) is 0 Å². The lowest BCUT2D eigenvalue weighted by Crippen LogP contribution is -2.42. The number of nitriles is 1. The van der Waals surface area contributed by atoms with E-state index in [2.05, 4.69) is 18.3 Å². The summed E-state index contributed by atoms with van der Waals surface area (Å²) < 4.78 is 5.50. The monoisotopic (exact) mass is 264 g/mol. The van der Waals surface area contributed by atoms with Gasteiger partial charge < -0.3 is 10.1 Å². The number of carbonyl (C=O) groups is 1. The second kappa shape index (κ2) is 6.38. The SMILES string of the molecule is CC1OCCC1CNC(=O)C1(C#N)CCCCCC1. The van der Waals surface area contributed by atoms with Crippen LogP contribution < -0.4 is 5.32 Å². The highest BCUT2D eigenvalue weighted by atomic mass is 16.5. The summed E-state index contributed by atoms with van der Waals surface area (Å²) in [5.41, 5.74) is -0.779. The van der Waals surface area contributed by atoms with Crippen molar-refractivity contribution in [2.75, 3.05) is 13.2 Å². The van der Waals surface area contributed by atoms with Gasteiger partial charge in [0.2, 0.25) is 5.91 Å². The minimum absolute atomic E-state index is 0.0593. The molecular formula is C15H24N2O2. The van der Waals surface area contributed by atoms with Crippen molar-refractivity contribution in [3.8, 4) is 6.07 Å². The van der Waals surface area contributed by atoms with E-state index >= 15 is 0 Å². The first kappa shape index (κ1) is 14.3. The summed E-state index contributed by atoms with van der Waals surface area (Å²) in [5.74, 6) is 0.335. The van der Waals surface area contributed by atoms with Gasteiger partial charge in [-0.25, -0.2) is 0 Å². The molecule has 0 bridgehead atoms. The van der Waals surface area contributed by atoms with Crippen LogP contribution in [0.1, 0.15) is 51.9 Å². The van der Waals surface area contributed by atoms with Crippen molar-refractivity contribution in [2.24, 2.45) is 11.3 Å². The van der Waals surface area contributed by atoms with Crippen LogP contribution >= 0.6 is 0 Å². The van der Waals surface area contributed by atoms with Gasteiger partial charge in [0.1, 0.15) is 5.41 Å². The first-order valence-electron chi connectivity index (χ1n) is 7.49. The highest BCUT2D eigenvalue weighted by molar-refractivity contribution is 5.85. The number of hydrogen-bond donors (Lipinski definition) is 1. The van der Waals surface area contributed by atoms with Gasteiger partial charge in [-0.1, -0.05) is 25.7 Å². The van der Waals surface area contributed by atoms with Gasteiger partial charge in [0.05, 0.1) is 12.2 Å². The quantitative estimate of drug-likeness (QED) is 0.796. The Bertz CT molecular complexity index is 354. The molecule has 1 aliphatic heterocycles. The molecule has 2 atom stereocenters. The number of nitrogens with zero attached hydrogens (tertiary/aromatic N) is 1. The topological polar surface area (TPSA) is 62.1 Å². The lowest BCUT2D eigenvalue weighted by atomic mass is 9.81. The Morgan fingerprint density at radius 2 is 2.05 bits per heavy atom. The highest BCUT2D eigenvalue weighted by Crippen LogP contribution is 2.34. The summed E-state index contributed by atoms with van der Waals surface area (Å²) in [4.78, 5) is 12.4. The number of rotatable bonds is 3. The molecule has 1 heterocycles. The van der Waals surface area contributed by atoms with E-state index in [0.717, 1.165) is 38.7 Å². The van der Waals surface area contributed by atoms with E-state index in [1.165, 1.54) is 0 Å². The Balaban J connectivity index is 1.91. The van der Waals surface area contributed by atoms with E-state index in [-0.39, 0.29) is 12.0 Å². The second-order valence-electron chi connectivity index (χ2n) is 5.94. The molecule has 1 saturated carbocycles. The fourth-order valence-electron chi connectivity index (χ4n) is 3.16. The molecule has 4 nitrogen and oxygen atoms in total. The molecule has 0 spiro atoms. The Morgan fingerprint density at radius 1 is 1.37 bits per heavy atom. The minimum atomic E-state index is -0.779. The van der Waals surface area contributed by atoms with E-state index in [1.807, 2.05) is 0 Å². The molecular weight excluding hydrogens is 240 g/mol. The van der Waals surface area contributed by atoms with E-state index in [9.17, 15) is 10.1 Å². The van der Waals surface area contributed by atoms with Gasteiger partial charge in [-0.05, 0) is 26.2 Å². The molecule has 1 N–H and O–H groups in total. The minimum Gasteiger partial charge on any atom is -0.378 e. The Morgan fingerprint density at radius 3 is 2.58 bits per heavy atom. The normalized spacial score (nSPS) is 30.3. The number of carbonyl (C=O) groups excluding carboxylic acids is 1. The van der Waals surface area contributed by atoms with E-state index in [1.54, 1.807) is 0 Å². The van der Waals surface area contributed by atoms with Crippen LogP contribution in [0.5, 0.6) is 0 Å². The average molecular weight is 264 g/mol. The van der Waals surface area contributed by atoms with Crippen LogP contribution in [-0.2, 0) is 9.53 Å². The zero-order chi connectivity index (χ0) is 13.7. The molecule has 0 aromatic heterocycles. The van der Waals surface area contributed by atoms with Gasteiger partial charge in [0.15, 0.2) is 0 Å². The van der Waals surface area contributed by atoms with Crippen molar-refractivity contribution >= 4 is 5.91 Å². The molecule has 4 heteroatoms. The Hall–Kier alpha value is -1.08. The lowest BCUT2D eigenvalue weighted by molar-refractivity contribution is -0.129. The summed E-state index contributed by atoms with van der Waals surface area (Å²) in [6.07, 6.45) is 6.91. The van der Waals surface area contributed by atoms with Gasteiger partial charge in [-0.3, -0.25) is 4.79 Å². The first-order chi connectivity index (χ1) is 9.18. The van der Waals surface area contributed by atoms with Crippen molar-refractivity contribution in [3.63, 3.8) is 0 Å². The maximum Gasteiger partial charge on any atom is 0.240 e. The first-order valence-corrected chi connectivity index (χ1v) is 7.49. The molecule has 1 amide bonds. The average Bonchev–Trinajstić information content (AvgIpc) is 2.68. The third-order valence-corrected chi connectivity index (χ3v) is 4.66. The van der Waals surface area contributed by atoms with E-state index in [0.29, 0.717) is 25.3 Å². The maximum atomic E-state index is 12.4. The van der Waals surface area contributed by atoms with Crippen molar-refractivity contribution in [2.45, 2.75) is 58.0 Å². The van der Waals surface area contributed by atoms with Gasteiger partial charge in [0, 0.05) is 19.1 Å². The number of nitrogens with one attached hydrogen (secondary N) is 1. The van der Waals surface area contributed by atoms with E-state index in [4.69, 9.17) is 4.74 Å². The largest absolute Gasteiger partial charge is 0.378 e. The van der Waals surface area contributed by atoms with Crippen LogP contribution in [0.4, 0.5) is 0 Å². The number of hydrogen-bond acceptors (Lipinski definition) is 3. The van der Waals surface area contributed by atoms with Crippen molar-refractivity contribution in [1.82, 2.24) is 5.32 Å². The molecule has 2 rings (SSSR count). The second-order valence-corrected chi connectivity index (χ2v) is 5.94. The lowest BCUT2D eigenvalue weighted by Gasteiger charge is -2.25. The molecule has 0 aromatic rings. The van der Waals surface area contributed by atoms with Crippen LogP contribution in [0.3, 0.4) is 0 Å². The van der Waals surface area contributed by atoms with Gasteiger partial charge in [-0.15, -0.1) is 0 Å². The van der Waals surface area contributed by atoms with Gasteiger partial charge in [0.25, 0.3) is 0 Å². The molecule has 106 valence electrons. The Labute approximate surface area is 115 Å². The highest BCUT2D eigenvalue weighted by Gasteiger charge is 2.39. The van der Waals surface area contributed by atoms with E-state index < -0.39 is 5.41 Å². The summed E-state index contributed by atoms with van der Waals surface area (Å²) >= 11 is 0. The number of ether oxygens (including phenoxy) is 1. The van der Waals surface area contributed by atoms with Crippen LogP contribution in [0.25, 0.3) is 0 Å². The fourth-order valence-corrected chi connectivity index (χ4v) is 3.16. The zero-order valence-corrected chi connectivity index (χ0v) is 11.8. The van der Waals surface area contributed by atoms with Crippen LogP contribution in [-0.4, -0.2) is 25.2 Å².